The van der Waals surface area contributed by atoms with Crippen LogP contribution >= 0.6 is 0 Å². The molecule has 5 nitrogen and oxygen atoms in total. The molecule has 0 bridgehead atoms. The molecule has 2 rings (SSSR count). The molecule has 4 N–H and O–H groups in total. The van der Waals surface area contributed by atoms with Crippen molar-refractivity contribution < 1.29 is 15.0 Å². The van der Waals surface area contributed by atoms with Crippen LogP contribution in [0.25, 0.3) is 0 Å². The summed E-state index contributed by atoms with van der Waals surface area (Å²) in [6.07, 6.45) is 0.782. The van der Waals surface area contributed by atoms with Crippen molar-refractivity contribution in [2.24, 2.45) is 5.73 Å². The Morgan fingerprint density at radius 3 is 2.75 bits per heavy atom. The lowest BCUT2D eigenvalue weighted by Crippen LogP contribution is -2.31. The molecule has 1 aromatic rings. The van der Waals surface area contributed by atoms with Gasteiger partial charge < -0.3 is 20.8 Å². The second kappa shape index (κ2) is 4.02. The fourth-order valence-corrected chi connectivity index (χ4v) is 1.84. The van der Waals surface area contributed by atoms with E-state index in [-0.39, 0.29) is 29.0 Å². The van der Waals surface area contributed by atoms with E-state index in [1.54, 1.807) is 4.90 Å². The van der Waals surface area contributed by atoms with Crippen molar-refractivity contribution in [1.29, 1.82) is 0 Å². The predicted molar refractivity (Wildman–Crippen MR) is 58.3 cm³/mol. The minimum atomic E-state index is -0.245. The number of hydrogen-bond acceptors (Lipinski definition) is 4. The lowest BCUT2D eigenvalue weighted by atomic mass is 10.1. The molecule has 1 aromatic carbocycles. The van der Waals surface area contributed by atoms with Crippen molar-refractivity contribution >= 4 is 5.91 Å². The number of likely N-dealkylation sites (tertiary alicyclic amines) is 1. The zero-order chi connectivity index (χ0) is 11.7. The Bertz CT molecular complexity index is 420. The van der Waals surface area contributed by atoms with E-state index in [1.165, 1.54) is 12.1 Å². The molecule has 0 spiro atoms. The molecule has 1 fully saturated rings. The van der Waals surface area contributed by atoms with E-state index < -0.39 is 0 Å². The molecule has 16 heavy (non-hydrogen) atoms. The highest BCUT2D eigenvalue weighted by atomic mass is 16.3. The average Bonchev–Trinajstić information content (AvgIpc) is 2.64. The molecular weight excluding hydrogens is 208 g/mol. The lowest BCUT2D eigenvalue weighted by Gasteiger charge is -2.16. The van der Waals surface area contributed by atoms with E-state index in [0.717, 1.165) is 12.5 Å². The molecule has 1 heterocycles. The Morgan fingerprint density at radius 2 is 2.19 bits per heavy atom. The Hall–Kier alpha value is -1.75. The Kier molecular flexibility index (Phi) is 2.70. The van der Waals surface area contributed by atoms with Crippen molar-refractivity contribution in [3.63, 3.8) is 0 Å². The van der Waals surface area contributed by atoms with Crippen LogP contribution in [0.4, 0.5) is 0 Å². The summed E-state index contributed by atoms with van der Waals surface area (Å²) in [7, 11) is 0. The van der Waals surface area contributed by atoms with Gasteiger partial charge in [-0.15, -0.1) is 0 Å². The maximum absolute atomic E-state index is 12.0. The first-order valence-corrected chi connectivity index (χ1v) is 5.15. The van der Waals surface area contributed by atoms with Crippen LogP contribution in [-0.2, 0) is 0 Å². The molecule has 1 atom stereocenters. The van der Waals surface area contributed by atoms with E-state index in [0.29, 0.717) is 13.1 Å². The molecule has 1 unspecified atom stereocenters. The van der Waals surface area contributed by atoms with Crippen LogP contribution in [0, 0.1) is 0 Å². The Labute approximate surface area is 93.1 Å². The highest BCUT2D eigenvalue weighted by Crippen LogP contribution is 2.24. The highest BCUT2D eigenvalue weighted by Gasteiger charge is 2.26. The van der Waals surface area contributed by atoms with Gasteiger partial charge in [-0.25, -0.2) is 0 Å². The van der Waals surface area contributed by atoms with Gasteiger partial charge in [-0.1, -0.05) is 0 Å². The number of carbonyl (C=O) groups is 1. The van der Waals surface area contributed by atoms with Crippen LogP contribution in [0.1, 0.15) is 16.8 Å². The monoisotopic (exact) mass is 222 g/mol. The van der Waals surface area contributed by atoms with Crippen molar-refractivity contribution in [2.75, 3.05) is 13.1 Å². The fraction of sp³-hybridized carbons (Fsp3) is 0.364. The number of amides is 1. The molecule has 0 aromatic heterocycles. The molecule has 0 aliphatic carbocycles. The van der Waals surface area contributed by atoms with Crippen molar-refractivity contribution in [3.8, 4) is 11.5 Å². The molecule has 86 valence electrons. The van der Waals surface area contributed by atoms with Gasteiger partial charge >= 0.3 is 0 Å². The summed E-state index contributed by atoms with van der Waals surface area (Å²) < 4.78 is 0. The summed E-state index contributed by atoms with van der Waals surface area (Å²) in [5.74, 6) is -0.511. The standard InChI is InChI=1S/C11H14N2O3/c12-7-3-4-13(6-7)11(16)9-2-1-8(14)5-10(9)15/h1-2,5,7,14-15H,3-4,6,12H2. The molecule has 0 radical (unpaired) electrons. The lowest BCUT2D eigenvalue weighted by molar-refractivity contribution is 0.0788. The Morgan fingerprint density at radius 1 is 1.44 bits per heavy atom. The Balaban J connectivity index is 2.21. The van der Waals surface area contributed by atoms with Crippen molar-refractivity contribution in [2.45, 2.75) is 12.5 Å². The van der Waals surface area contributed by atoms with Crippen LogP contribution in [0.5, 0.6) is 11.5 Å². The van der Waals surface area contributed by atoms with Gasteiger partial charge in [0.15, 0.2) is 0 Å². The van der Waals surface area contributed by atoms with Gasteiger partial charge in [0.05, 0.1) is 5.56 Å². The maximum Gasteiger partial charge on any atom is 0.257 e. The van der Waals surface area contributed by atoms with Gasteiger partial charge in [0, 0.05) is 25.2 Å². The zero-order valence-electron chi connectivity index (χ0n) is 8.76. The van der Waals surface area contributed by atoms with Gasteiger partial charge in [-0.05, 0) is 18.6 Å². The topological polar surface area (TPSA) is 86.8 Å². The van der Waals surface area contributed by atoms with Gasteiger partial charge in [-0.2, -0.15) is 0 Å². The van der Waals surface area contributed by atoms with E-state index in [4.69, 9.17) is 10.8 Å². The van der Waals surface area contributed by atoms with E-state index in [9.17, 15) is 9.90 Å². The molecule has 1 amide bonds. The third kappa shape index (κ3) is 1.94. The van der Waals surface area contributed by atoms with Gasteiger partial charge in [0.25, 0.3) is 5.91 Å². The van der Waals surface area contributed by atoms with E-state index >= 15 is 0 Å². The molecule has 1 aliphatic rings. The predicted octanol–water partition coefficient (Wildman–Crippen LogP) is 0.271. The second-order valence-corrected chi connectivity index (χ2v) is 4.00. The third-order valence-electron chi connectivity index (χ3n) is 2.72. The van der Waals surface area contributed by atoms with Crippen LogP contribution < -0.4 is 5.73 Å². The number of nitrogens with zero attached hydrogens (tertiary/aromatic N) is 1. The number of carbonyl (C=O) groups excluding carboxylic acids is 1. The first kappa shape index (κ1) is 10.8. The van der Waals surface area contributed by atoms with Crippen LogP contribution in [-0.4, -0.2) is 40.2 Å². The van der Waals surface area contributed by atoms with E-state index in [1.807, 2.05) is 0 Å². The fourth-order valence-electron chi connectivity index (χ4n) is 1.84. The summed E-state index contributed by atoms with van der Waals surface area (Å²) >= 11 is 0. The number of phenolic OH excluding ortho intramolecular Hbond substituents is 2. The van der Waals surface area contributed by atoms with Crippen LogP contribution in [0.15, 0.2) is 18.2 Å². The van der Waals surface area contributed by atoms with Gasteiger partial charge in [0.1, 0.15) is 11.5 Å². The quantitative estimate of drug-likeness (QED) is 0.636. The highest BCUT2D eigenvalue weighted by molar-refractivity contribution is 5.97. The number of phenols is 2. The smallest absolute Gasteiger partial charge is 0.257 e. The number of rotatable bonds is 1. The summed E-state index contributed by atoms with van der Waals surface area (Å²) in [5, 5.41) is 18.7. The summed E-state index contributed by atoms with van der Waals surface area (Å²) in [4.78, 5) is 13.6. The zero-order valence-corrected chi connectivity index (χ0v) is 8.76. The third-order valence-corrected chi connectivity index (χ3v) is 2.72. The summed E-state index contributed by atoms with van der Waals surface area (Å²) in [6, 6.07) is 3.96. The van der Waals surface area contributed by atoms with Crippen molar-refractivity contribution in [1.82, 2.24) is 4.90 Å². The molecule has 5 heteroatoms. The molecular formula is C11H14N2O3. The minimum absolute atomic E-state index is 0.0169. The molecule has 1 saturated heterocycles. The average molecular weight is 222 g/mol. The van der Waals surface area contributed by atoms with Crippen molar-refractivity contribution in [3.05, 3.63) is 23.8 Å². The first-order valence-electron chi connectivity index (χ1n) is 5.15. The van der Waals surface area contributed by atoms with Gasteiger partial charge in [0.2, 0.25) is 0 Å². The first-order chi connectivity index (χ1) is 7.58. The summed E-state index contributed by atoms with van der Waals surface area (Å²) in [6.45, 7) is 1.12. The summed E-state index contributed by atoms with van der Waals surface area (Å²) in [5.41, 5.74) is 5.91. The number of hydrogen-bond donors (Lipinski definition) is 3. The number of nitrogens with two attached hydrogens (primary N) is 1. The minimum Gasteiger partial charge on any atom is -0.508 e. The maximum atomic E-state index is 12.0. The SMILES string of the molecule is NC1CCN(C(=O)c2ccc(O)cc2O)C1. The largest absolute Gasteiger partial charge is 0.508 e. The molecule has 1 aliphatic heterocycles. The number of aromatic hydroxyl groups is 2. The van der Waals surface area contributed by atoms with Gasteiger partial charge in [-0.3, -0.25) is 4.79 Å². The van der Waals surface area contributed by atoms with E-state index in [2.05, 4.69) is 0 Å². The normalized spacial score (nSPS) is 20.1. The van der Waals surface area contributed by atoms with Crippen LogP contribution in [0.3, 0.4) is 0 Å². The van der Waals surface area contributed by atoms with Crippen LogP contribution in [0.2, 0.25) is 0 Å². The molecule has 0 saturated carbocycles. The second-order valence-electron chi connectivity index (χ2n) is 4.00. The number of benzene rings is 1.